The molecule has 0 spiro atoms. The quantitative estimate of drug-likeness (QED) is 0.622. The molecule has 0 fully saturated rings. The van der Waals surface area contributed by atoms with Crippen molar-refractivity contribution in [3.8, 4) is 11.5 Å². The Morgan fingerprint density at radius 1 is 1.18 bits per heavy atom. The van der Waals surface area contributed by atoms with Crippen molar-refractivity contribution in [2.45, 2.75) is 26.1 Å². The number of halogens is 1. The number of hydrogen-bond donors (Lipinski definition) is 2. The van der Waals surface area contributed by atoms with Crippen LogP contribution in [0.5, 0.6) is 11.5 Å². The van der Waals surface area contributed by atoms with Gasteiger partial charge in [-0.05, 0) is 44.2 Å². The highest BCUT2D eigenvalue weighted by molar-refractivity contribution is 7.89. The van der Waals surface area contributed by atoms with Gasteiger partial charge in [0.25, 0.3) is 10.0 Å². The van der Waals surface area contributed by atoms with Gasteiger partial charge in [0.2, 0.25) is 0 Å². The molecule has 33 heavy (non-hydrogen) atoms. The summed E-state index contributed by atoms with van der Waals surface area (Å²) in [6.07, 6.45) is 0.827. The molecule has 2 heterocycles. The number of hydrogen-bond acceptors (Lipinski definition) is 7. The van der Waals surface area contributed by atoms with E-state index in [0.29, 0.717) is 29.0 Å². The Labute approximate surface area is 198 Å². The Morgan fingerprint density at radius 3 is 2.55 bits per heavy atom. The molecule has 0 saturated heterocycles. The topological polar surface area (TPSA) is 95.3 Å². The van der Waals surface area contributed by atoms with E-state index in [4.69, 9.17) is 26.1 Å². The summed E-state index contributed by atoms with van der Waals surface area (Å²) in [6, 6.07) is 10.8. The average Bonchev–Trinajstić information content (AvgIpc) is 3.07. The maximum atomic E-state index is 12.1. The molecule has 0 aliphatic carbocycles. The van der Waals surface area contributed by atoms with Gasteiger partial charge in [-0.2, -0.15) is 18.6 Å². The minimum absolute atomic E-state index is 0.246. The maximum Gasteiger partial charge on any atom is 0.384 e. The zero-order valence-electron chi connectivity index (χ0n) is 19.1. The summed E-state index contributed by atoms with van der Waals surface area (Å²) in [5.74, 6) is 1.62. The van der Waals surface area contributed by atoms with E-state index in [1.807, 2.05) is 53.8 Å². The number of sulfonamides is 1. The molecule has 2 aliphatic rings. The van der Waals surface area contributed by atoms with E-state index in [1.54, 1.807) is 20.3 Å². The molecule has 9 nitrogen and oxygen atoms in total. The smallest absolute Gasteiger partial charge is 0.384 e. The molecule has 2 aromatic rings. The molecular weight excluding hydrogens is 466 g/mol. The van der Waals surface area contributed by atoms with Crippen LogP contribution in [0.25, 0.3) is 0 Å². The van der Waals surface area contributed by atoms with Crippen molar-refractivity contribution in [2.24, 2.45) is 4.99 Å². The molecule has 2 N–H and O–H groups in total. The summed E-state index contributed by atoms with van der Waals surface area (Å²) in [6.45, 7) is 4.60. The molecule has 0 radical (unpaired) electrons. The van der Waals surface area contributed by atoms with Gasteiger partial charge < -0.3 is 9.47 Å². The third-order valence-corrected chi connectivity index (χ3v) is 6.40. The van der Waals surface area contributed by atoms with Gasteiger partial charge in [0.1, 0.15) is 17.2 Å². The van der Waals surface area contributed by atoms with Crippen LogP contribution < -0.4 is 19.6 Å². The number of aliphatic imine (C=N–C) groups is 1. The van der Waals surface area contributed by atoms with E-state index in [0.717, 1.165) is 28.8 Å². The van der Waals surface area contributed by atoms with Gasteiger partial charge in [0.05, 0.1) is 32.2 Å². The third-order valence-electron chi connectivity index (χ3n) is 5.60. The van der Waals surface area contributed by atoms with Crippen LogP contribution in [0.2, 0.25) is 5.02 Å². The van der Waals surface area contributed by atoms with Gasteiger partial charge in [-0.25, -0.2) is 4.58 Å². The molecule has 2 aromatic carbocycles. The summed E-state index contributed by atoms with van der Waals surface area (Å²) in [4.78, 5) is 5.09. The van der Waals surface area contributed by atoms with Crippen LogP contribution >= 0.6 is 11.6 Å². The Hall–Kier alpha value is -2.82. The van der Waals surface area contributed by atoms with Crippen molar-refractivity contribution in [1.82, 2.24) is 15.2 Å². The lowest BCUT2D eigenvalue weighted by Crippen LogP contribution is -2.48. The number of rotatable bonds is 5. The standard InChI is InChI=1S/C22H26ClN5O4S/c1-6-27-21-13(2)24-20(17-10-8-15(31-3)12-19(17)32-4)16-9-7-14(23)11-18(16)28(21)22(25-27)26-33(5,29)30/h7-13,21H,6H2,1-5H3,(H,25,26)/p+1. The van der Waals surface area contributed by atoms with Crippen molar-refractivity contribution in [2.75, 3.05) is 27.0 Å². The second kappa shape index (κ2) is 8.85. The first kappa shape index (κ1) is 23.3. The predicted molar refractivity (Wildman–Crippen MR) is 128 cm³/mol. The van der Waals surface area contributed by atoms with E-state index >= 15 is 0 Å². The molecule has 0 amide bonds. The second-order valence-electron chi connectivity index (χ2n) is 7.85. The first-order chi connectivity index (χ1) is 15.7. The molecular formula is C22H27ClN5O4S+. The Bertz CT molecular complexity index is 1260. The van der Waals surface area contributed by atoms with Crippen LogP contribution in [0.15, 0.2) is 41.4 Å². The van der Waals surface area contributed by atoms with E-state index < -0.39 is 10.0 Å². The van der Waals surface area contributed by atoms with Crippen LogP contribution in [0, 0.1) is 0 Å². The van der Waals surface area contributed by atoms with Crippen molar-refractivity contribution >= 4 is 39.0 Å². The fourth-order valence-electron chi connectivity index (χ4n) is 4.23. The molecule has 2 aliphatic heterocycles. The van der Waals surface area contributed by atoms with Crippen LogP contribution in [0.4, 0.5) is 5.69 Å². The van der Waals surface area contributed by atoms with Crippen LogP contribution in [-0.2, 0) is 10.0 Å². The first-order valence-corrected chi connectivity index (χ1v) is 12.7. The van der Waals surface area contributed by atoms with Crippen LogP contribution in [-0.4, -0.2) is 68.9 Å². The van der Waals surface area contributed by atoms with Crippen molar-refractivity contribution < 1.29 is 22.5 Å². The predicted octanol–water partition coefficient (Wildman–Crippen LogP) is 2.31. The third kappa shape index (κ3) is 4.38. The molecule has 11 heteroatoms. The number of nitrogens with zero attached hydrogens (tertiary/aromatic N) is 3. The van der Waals surface area contributed by atoms with Crippen LogP contribution in [0.1, 0.15) is 25.0 Å². The maximum absolute atomic E-state index is 12.1. The normalized spacial score (nSPS) is 20.4. The summed E-state index contributed by atoms with van der Waals surface area (Å²) in [5, 5.41) is 2.47. The summed E-state index contributed by atoms with van der Waals surface area (Å²) < 4.78 is 39.8. The minimum atomic E-state index is -3.54. The Balaban J connectivity index is 2.00. The second-order valence-corrected chi connectivity index (χ2v) is 10.0. The SMILES string of the molecule is CCN1NC(NS(C)(=O)=O)=[N+]2c3cc(Cl)ccc3C(c3ccc(OC)cc3OC)=NC(C)C12. The Morgan fingerprint density at radius 2 is 1.91 bits per heavy atom. The Kier molecular flexibility index (Phi) is 6.26. The zero-order chi connectivity index (χ0) is 23.9. The number of methoxy groups -OCH3 is 2. The zero-order valence-corrected chi connectivity index (χ0v) is 20.7. The van der Waals surface area contributed by atoms with Crippen molar-refractivity contribution in [3.63, 3.8) is 0 Å². The molecule has 2 unspecified atom stereocenters. The molecule has 0 saturated carbocycles. The number of benzene rings is 2. The average molecular weight is 493 g/mol. The van der Waals surface area contributed by atoms with E-state index in [9.17, 15) is 8.42 Å². The highest BCUT2D eigenvalue weighted by Crippen LogP contribution is 2.36. The highest BCUT2D eigenvalue weighted by Gasteiger charge is 2.45. The van der Waals surface area contributed by atoms with Gasteiger partial charge in [-0.3, -0.25) is 4.99 Å². The number of ether oxygens (including phenoxy) is 2. The van der Waals surface area contributed by atoms with E-state index in [1.165, 1.54) is 0 Å². The van der Waals surface area contributed by atoms with Gasteiger partial charge in [-0.1, -0.05) is 11.6 Å². The molecule has 4 rings (SSSR count). The number of hydrazine groups is 1. The molecule has 2 atom stereocenters. The van der Waals surface area contributed by atoms with E-state index in [2.05, 4.69) is 10.1 Å². The highest BCUT2D eigenvalue weighted by atomic mass is 35.5. The van der Waals surface area contributed by atoms with Crippen molar-refractivity contribution in [1.29, 1.82) is 0 Å². The lowest BCUT2D eigenvalue weighted by atomic mass is 9.99. The summed E-state index contributed by atoms with van der Waals surface area (Å²) in [5.41, 5.74) is 6.22. The molecule has 0 aromatic heterocycles. The van der Waals surface area contributed by atoms with Gasteiger partial charge in [0, 0.05) is 28.8 Å². The van der Waals surface area contributed by atoms with Crippen molar-refractivity contribution in [3.05, 3.63) is 52.5 Å². The number of nitrogens with one attached hydrogen (secondary N) is 2. The first-order valence-electron chi connectivity index (χ1n) is 10.4. The largest absolute Gasteiger partial charge is 0.497 e. The minimum Gasteiger partial charge on any atom is -0.497 e. The fourth-order valence-corrected chi connectivity index (χ4v) is 4.90. The molecule has 176 valence electrons. The van der Waals surface area contributed by atoms with Gasteiger partial charge in [0.15, 0.2) is 6.17 Å². The summed E-state index contributed by atoms with van der Waals surface area (Å²) >= 11 is 6.41. The van der Waals surface area contributed by atoms with Crippen LogP contribution in [0.3, 0.4) is 0 Å². The monoisotopic (exact) mass is 492 g/mol. The van der Waals surface area contributed by atoms with Gasteiger partial charge in [-0.15, -0.1) is 5.01 Å². The number of guanidine groups is 1. The van der Waals surface area contributed by atoms with E-state index in [-0.39, 0.29) is 12.2 Å². The number of likely N-dealkylation sites (N-methyl/N-ethyl adjacent to an activating group) is 1. The lowest BCUT2D eigenvalue weighted by molar-refractivity contribution is -0.503. The summed E-state index contributed by atoms with van der Waals surface area (Å²) in [7, 11) is -0.335. The van der Waals surface area contributed by atoms with Gasteiger partial charge >= 0.3 is 5.96 Å². The lowest BCUT2D eigenvalue weighted by Gasteiger charge is -2.23. The fraction of sp³-hybridized carbons (Fsp3) is 0.364. The number of fused-ring (bicyclic) bond motifs is 3. The molecule has 0 bridgehead atoms.